The monoisotopic (exact) mass is 438 g/mol. The van der Waals surface area contributed by atoms with Gasteiger partial charge in [-0.3, -0.25) is 9.59 Å². The largest absolute Gasteiger partial charge is 0.504 e. The third-order valence-electron chi connectivity index (χ3n) is 5.04. The fraction of sp³-hybridized carbons (Fsp3) is 0.353. The summed E-state index contributed by atoms with van der Waals surface area (Å²) >= 11 is 1.98. The first kappa shape index (κ1) is 15.6. The fourth-order valence-electron chi connectivity index (χ4n) is 3.95. The lowest BCUT2D eigenvalue weighted by Gasteiger charge is -2.13. The highest BCUT2D eigenvalue weighted by Gasteiger charge is 2.59. The number of phenolic OH excluding ortho intramolecular Hbond substituents is 1. The molecule has 124 valence electrons. The standard InChI is InChI=1S/C17H15IN2O4/c1-24-12-5-8(4-11(18)15(12)21)7-19-20-16(22)13-9-2-3-10(6-9)14(13)17(20)23/h2-5,7,9-10,13-14,21H,6H2,1H3/b19-7-/t9-,10-,13+,14+/m0/s1. The highest BCUT2D eigenvalue weighted by atomic mass is 127. The molecule has 1 saturated carbocycles. The van der Waals surface area contributed by atoms with E-state index in [2.05, 4.69) is 17.3 Å². The van der Waals surface area contributed by atoms with E-state index in [-0.39, 0.29) is 41.2 Å². The van der Waals surface area contributed by atoms with Gasteiger partial charge >= 0.3 is 0 Å². The number of ether oxygens (including phenoxy) is 1. The molecule has 2 bridgehead atoms. The Balaban J connectivity index is 1.60. The van der Waals surface area contributed by atoms with E-state index >= 15 is 0 Å². The summed E-state index contributed by atoms with van der Waals surface area (Å²) < 4.78 is 5.71. The zero-order valence-electron chi connectivity index (χ0n) is 12.8. The number of benzene rings is 1. The van der Waals surface area contributed by atoms with E-state index in [1.54, 1.807) is 12.1 Å². The highest BCUT2D eigenvalue weighted by molar-refractivity contribution is 14.1. The Kier molecular flexibility index (Phi) is 3.63. The Morgan fingerprint density at radius 1 is 1.25 bits per heavy atom. The van der Waals surface area contributed by atoms with Crippen LogP contribution in [0.3, 0.4) is 0 Å². The number of phenols is 1. The van der Waals surface area contributed by atoms with Crippen molar-refractivity contribution in [1.82, 2.24) is 5.01 Å². The zero-order valence-corrected chi connectivity index (χ0v) is 15.0. The predicted octanol–water partition coefficient (Wildman–Crippen LogP) is 2.15. The van der Waals surface area contributed by atoms with Gasteiger partial charge in [0.05, 0.1) is 28.7 Å². The van der Waals surface area contributed by atoms with Crippen molar-refractivity contribution in [2.24, 2.45) is 28.8 Å². The molecule has 0 radical (unpaired) electrons. The smallest absolute Gasteiger partial charge is 0.254 e. The molecule has 7 heteroatoms. The topological polar surface area (TPSA) is 79.2 Å². The van der Waals surface area contributed by atoms with Crippen molar-refractivity contribution in [1.29, 1.82) is 0 Å². The average Bonchev–Trinajstić information content (AvgIpc) is 3.23. The van der Waals surface area contributed by atoms with Crippen LogP contribution in [-0.4, -0.2) is 35.3 Å². The Hall–Kier alpha value is -1.90. The molecule has 4 atom stereocenters. The first-order valence-electron chi connectivity index (χ1n) is 7.68. The van der Waals surface area contributed by atoms with Crippen LogP contribution >= 0.6 is 22.6 Å². The number of allylic oxidation sites excluding steroid dienone is 2. The predicted molar refractivity (Wildman–Crippen MR) is 94.5 cm³/mol. The summed E-state index contributed by atoms with van der Waals surface area (Å²) in [6, 6.07) is 3.32. The molecule has 2 aliphatic carbocycles. The maximum absolute atomic E-state index is 12.5. The SMILES string of the molecule is COc1cc(/C=N\N2C(=O)[C@H]3[C@H](C2=O)[C@H]2C=C[C@H]3C2)cc(I)c1O. The van der Waals surface area contributed by atoms with Gasteiger partial charge in [0.2, 0.25) is 0 Å². The lowest BCUT2D eigenvalue weighted by atomic mass is 9.85. The number of methoxy groups -OCH3 is 1. The average molecular weight is 438 g/mol. The molecule has 1 aromatic rings. The van der Waals surface area contributed by atoms with Crippen molar-refractivity contribution in [2.75, 3.05) is 7.11 Å². The number of halogens is 1. The van der Waals surface area contributed by atoms with Crippen LogP contribution in [0.5, 0.6) is 11.5 Å². The molecule has 1 saturated heterocycles. The van der Waals surface area contributed by atoms with Gasteiger partial charge in [-0.1, -0.05) is 12.2 Å². The minimum Gasteiger partial charge on any atom is -0.504 e. The molecule has 3 aliphatic rings. The fourth-order valence-corrected chi connectivity index (χ4v) is 4.57. The lowest BCUT2D eigenvalue weighted by Crippen LogP contribution is -2.28. The molecule has 4 rings (SSSR count). The van der Waals surface area contributed by atoms with E-state index in [0.717, 1.165) is 11.4 Å². The van der Waals surface area contributed by atoms with Crippen LogP contribution in [-0.2, 0) is 9.59 Å². The maximum atomic E-state index is 12.5. The molecular formula is C17H15IN2O4. The van der Waals surface area contributed by atoms with Gasteiger partial charge in [0, 0.05) is 0 Å². The normalized spacial score (nSPS) is 30.7. The molecule has 1 N–H and O–H groups in total. The Labute approximate surface area is 152 Å². The molecule has 2 fully saturated rings. The van der Waals surface area contributed by atoms with Crippen molar-refractivity contribution >= 4 is 40.6 Å². The van der Waals surface area contributed by atoms with E-state index < -0.39 is 0 Å². The molecular weight excluding hydrogens is 423 g/mol. The zero-order chi connectivity index (χ0) is 17.0. The summed E-state index contributed by atoms with van der Waals surface area (Å²) in [6.07, 6.45) is 6.46. The minimum absolute atomic E-state index is 0.0563. The highest BCUT2D eigenvalue weighted by Crippen LogP contribution is 2.52. The second-order valence-electron chi connectivity index (χ2n) is 6.29. The first-order valence-corrected chi connectivity index (χ1v) is 8.75. The molecule has 1 heterocycles. The van der Waals surface area contributed by atoms with Crippen LogP contribution in [0.25, 0.3) is 0 Å². The van der Waals surface area contributed by atoms with Crippen LogP contribution < -0.4 is 4.74 Å². The number of carbonyl (C=O) groups is 2. The molecule has 0 aromatic heterocycles. The molecule has 2 amide bonds. The summed E-state index contributed by atoms with van der Waals surface area (Å²) in [5.41, 5.74) is 0.646. The van der Waals surface area contributed by atoms with Crippen molar-refractivity contribution < 1.29 is 19.4 Å². The van der Waals surface area contributed by atoms with Crippen LogP contribution in [0.15, 0.2) is 29.4 Å². The van der Waals surface area contributed by atoms with Gasteiger partial charge in [-0.2, -0.15) is 10.1 Å². The number of fused-ring (bicyclic) bond motifs is 5. The second-order valence-corrected chi connectivity index (χ2v) is 7.45. The van der Waals surface area contributed by atoms with Gasteiger partial charge in [-0.05, 0) is 58.5 Å². The first-order chi connectivity index (χ1) is 11.5. The number of nitrogens with zero attached hydrogens (tertiary/aromatic N) is 2. The second kappa shape index (κ2) is 5.58. The van der Waals surface area contributed by atoms with E-state index in [9.17, 15) is 14.7 Å². The van der Waals surface area contributed by atoms with Crippen molar-refractivity contribution in [3.8, 4) is 11.5 Å². The van der Waals surface area contributed by atoms with Crippen molar-refractivity contribution in [3.63, 3.8) is 0 Å². The van der Waals surface area contributed by atoms with E-state index in [4.69, 9.17) is 4.74 Å². The van der Waals surface area contributed by atoms with E-state index in [1.165, 1.54) is 13.3 Å². The maximum Gasteiger partial charge on any atom is 0.254 e. The third-order valence-corrected chi connectivity index (χ3v) is 5.86. The van der Waals surface area contributed by atoms with Gasteiger partial charge < -0.3 is 9.84 Å². The molecule has 0 spiro atoms. The summed E-state index contributed by atoms with van der Waals surface area (Å²) in [4.78, 5) is 25.1. The molecule has 6 nitrogen and oxygen atoms in total. The number of hydrogen-bond donors (Lipinski definition) is 1. The molecule has 24 heavy (non-hydrogen) atoms. The summed E-state index contributed by atoms with van der Waals surface area (Å²) in [5.74, 6) is -0.199. The van der Waals surface area contributed by atoms with Gasteiger partial charge in [0.25, 0.3) is 11.8 Å². The van der Waals surface area contributed by atoms with Crippen molar-refractivity contribution in [2.45, 2.75) is 6.42 Å². The number of carbonyl (C=O) groups excluding carboxylic acids is 2. The van der Waals surface area contributed by atoms with E-state index in [1.807, 2.05) is 22.6 Å². The Bertz CT molecular complexity index is 774. The van der Waals surface area contributed by atoms with Gasteiger partial charge in [0.15, 0.2) is 11.5 Å². The number of hydrogen-bond acceptors (Lipinski definition) is 5. The Morgan fingerprint density at radius 3 is 2.46 bits per heavy atom. The van der Waals surface area contributed by atoms with Crippen LogP contribution in [0.2, 0.25) is 0 Å². The van der Waals surface area contributed by atoms with Gasteiger partial charge in [0.1, 0.15) is 0 Å². The molecule has 1 aliphatic heterocycles. The third kappa shape index (κ3) is 2.17. The number of imide groups is 1. The number of amides is 2. The summed E-state index contributed by atoms with van der Waals surface area (Å²) in [6.45, 7) is 0. The summed E-state index contributed by atoms with van der Waals surface area (Å²) in [5, 5.41) is 15.0. The number of rotatable bonds is 3. The number of aromatic hydroxyl groups is 1. The molecule has 1 aromatic carbocycles. The molecule has 0 unspecified atom stereocenters. The van der Waals surface area contributed by atoms with Crippen molar-refractivity contribution in [3.05, 3.63) is 33.4 Å². The lowest BCUT2D eigenvalue weighted by molar-refractivity contribution is -0.140. The van der Waals surface area contributed by atoms with Gasteiger partial charge in [-0.15, -0.1) is 0 Å². The van der Waals surface area contributed by atoms with Gasteiger partial charge in [-0.25, -0.2) is 0 Å². The minimum atomic E-state index is -0.251. The quantitative estimate of drug-likeness (QED) is 0.340. The summed E-state index contributed by atoms with van der Waals surface area (Å²) in [7, 11) is 1.46. The number of hydrazone groups is 1. The van der Waals surface area contributed by atoms with Crippen LogP contribution in [0, 0.1) is 27.2 Å². The Morgan fingerprint density at radius 2 is 1.88 bits per heavy atom. The van der Waals surface area contributed by atoms with Crippen LogP contribution in [0.1, 0.15) is 12.0 Å². The van der Waals surface area contributed by atoms with E-state index in [0.29, 0.717) is 14.9 Å². The van der Waals surface area contributed by atoms with Crippen LogP contribution in [0.4, 0.5) is 0 Å².